The molecule has 0 spiro atoms. The summed E-state index contributed by atoms with van der Waals surface area (Å²) in [5.41, 5.74) is 6.27. The first kappa shape index (κ1) is 13.6. The number of rotatable bonds is 2. The van der Waals surface area contributed by atoms with Crippen LogP contribution >= 0.6 is 27.5 Å². The van der Waals surface area contributed by atoms with E-state index < -0.39 is 0 Å². The second-order valence-electron chi connectivity index (χ2n) is 4.73. The highest BCUT2D eigenvalue weighted by molar-refractivity contribution is 9.09. The van der Waals surface area contributed by atoms with Crippen LogP contribution in [0.3, 0.4) is 0 Å². The number of halogens is 2. The molecule has 2 aromatic rings. The maximum atomic E-state index is 6.07. The largest absolute Gasteiger partial charge is 0.0841 e. The fourth-order valence-corrected chi connectivity index (χ4v) is 3.03. The summed E-state index contributed by atoms with van der Waals surface area (Å²) in [6, 6.07) is 12.7. The molecule has 0 heterocycles. The van der Waals surface area contributed by atoms with Crippen LogP contribution in [0.15, 0.2) is 36.4 Å². The van der Waals surface area contributed by atoms with Crippen LogP contribution < -0.4 is 0 Å². The molecular formula is C16H16BrCl. The van der Waals surface area contributed by atoms with Gasteiger partial charge in [-0.25, -0.2) is 0 Å². The van der Waals surface area contributed by atoms with E-state index >= 15 is 0 Å². The minimum absolute atomic E-state index is 0.217. The summed E-state index contributed by atoms with van der Waals surface area (Å²) in [5, 5.41) is 0.819. The lowest BCUT2D eigenvalue weighted by molar-refractivity contribution is 1.13. The van der Waals surface area contributed by atoms with E-state index in [1.165, 1.54) is 22.3 Å². The van der Waals surface area contributed by atoms with E-state index in [-0.39, 0.29) is 4.83 Å². The monoisotopic (exact) mass is 322 g/mol. The Balaban J connectivity index is 2.41. The molecule has 0 aliphatic carbocycles. The Hall–Kier alpha value is -0.790. The van der Waals surface area contributed by atoms with Gasteiger partial charge in [0.05, 0.1) is 4.83 Å². The Labute approximate surface area is 122 Å². The zero-order chi connectivity index (χ0) is 13.3. The van der Waals surface area contributed by atoms with Crippen LogP contribution in [0.25, 0.3) is 0 Å². The summed E-state index contributed by atoms with van der Waals surface area (Å²) in [6.07, 6.45) is 0. The minimum Gasteiger partial charge on any atom is -0.0841 e. The molecule has 0 N–H and O–H groups in total. The standard InChI is InChI=1S/C16H16BrCl/c1-10-4-6-14(11(2)8-10)16(17)13-5-7-15(18)12(3)9-13/h4-9,16H,1-3H3. The van der Waals surface area contributed by atoms with Gasteiger partial charge in [0.2, 0.25) is 0 Å². The number of alkyl halides is 1. The molecule has 0 aromatic heterocycles. The van der Waals surface area contributed by atoms with Crippen LogP contribution in [0.1, 0.15) is 32.6 Å². The van der Waals surface area contributed by atoms with Gasteiger partial charge >= 0.3 is 0 Å². The minimum atomic E-state index is 0.217. The molecule has 0 saturated carbocycles. The molecule has 0 radical (unpaired) electrons. The number of hydrogen-bond acceptors (Lipinski definition) is 0. The van der Waals surface area contributed by atoms with Crippen molar-refractivity contribution in [3.8, 4) is 0 Å². The first-order valence-electron chi connectivity index (χ1n) is 5.96. The van der Waals surface area contributed by atoms with Crippen LogP contribution in [0.2, 0.25) is 5.02 Å². The maximum Gasteiger partial charge on any atom is 0.0647 e. The quantitative estimate of drug-likeness (QED) is 0.617. The second kappa shape index (κ2) is 5.46. The topological polar surface area (TPSA) is 0 Å². The van der Waals surface area contributed by atoms with Gasteiger partial charge in [-0.15, -0.1) is 0 Å². The van der Waals surface area contributed by atoms with Gasteiger partial charge in [0.25, 0.3) is 0 Å². The summed E-state index contributed by atoms with van der Waals surface area (Å²) < 4.78 is 0. The summed E-state index contributed by atoms with van der Waals surface area (Å²) in [7, 11) is 0. The number of aryl methyl sites for hydroxylation is 3. The van der Waals surface area contributed by atoms with Gasteiger partial charge in [-0.05, 0) is 49.1 Å². The first-order valence-corrected chi connectivity index (χ1v) is 7.25. The lowest BCUT2D eigenvalue weighted by Gasteiger charge is -2.15. The van der Waals surface area contributed by atoms with Gasteiger partial charge in [-0.3, -0.25) is 0 Å². The molecule has 2 heteroatoms. The SMILES string of the molecule is Cc1ccc(C(Br)c2ccc(Cl)c(C)c2)c(C)c1. The van der Waals surface area contributed by atoms with Crippen LogP contribution in [-0.4, -0.2) is 0 Å². The molecule has 0 aliphatic heterocycles. The Morgan fingerprint density at radius 1 is 0.944 bits per heavy atom. The molecule has 0 amide bonds. The smallest absolute Gasteiger partial charge is 0.0647 e. The van der Waals surface area contributed by atoms with E-state index in [2.05, 4.69) is 60.1 Å². The Kier molecular flexibility index (Phi) is 4.14. The summed E-state index contributed by atoms with van der Waals surface area (Å²) in [5.74, 6) is 0. The molecule has 18 heavy (non-hydrogen) atoms. The molecule has 0 bridgehead atoms. The highest BCUT2D eigenvalue weighted by Gasteiger charge is 2.13. The summed E-state index contributed by atoms with van der Waals surface area (Å²) >= 11 is 9.85. The highest BCUT2D eigenvalue weighted by atomic mass is 79.9. The predicted molar refractivity (Wildman–Crippen MR) is 82.9 cm³/mol. The molecule has 1 atom stereocenters. The predicted octanol–water partition coefficient (Wildman–Crippen LogP) is 5.75. The van der Waals surface area contributed by atoms with E-state index in [1.807, 2.05) is 13.0 Å². The van der Waals surface area contributed by atoms with Gasteiger partial charge in [-0.2, -0.15) is 0 Å². The molecule has 2 rings (SSSR count). The fraction of sp³-hybridized carbons (Fsp3) is 0.250. The molecule has 1 unspecified atom stereocenters. The second-order valence-corrected chi connectivity index (χ2v) is 6.05. The summed E-state index contributed by atoms with van der Waals surface area (Å²) in [4.78, 5) is 0.217. The van der Waals surface area contributed by atoms with Crippen molar-refractivity contribution >= 4 is 27.5 Å². The average Bonchev–Trinajstić information content (AvgIpc) is 2.32. The lowest BCUT2D eigenvalue weighted by atomic mass is 9.98. The molecule has 0 fully saturated rings. The van der Waals surface area contributed by atoms with E-state index in [0.717, 1.165) is 10.6 Å². The third-order valence-electron chi connectivity index (χ3n) is 3.17. The number of hydrogen-bond donors (Lipinski definition) is 0. The van der Waals surface area contributed by atoms with Gasteiger partial charge in [-0.1, -0.05) is 63.4 Å². The van der Waals surface area contributed by atoms with Gasteiger partial charge in [0.15, 0.2) is 0 Å². The fourth-order valence-electron chi connectivity index (χ4n) is 2.12. The third kappa shape index (κ3) is 2.78. The molecule has 2 aromatic carbocycles. The van der Waals surface area contributed by atoms with E-state index in [1.54, 1.807) is 0 Å². The van der Waals surface area contributed by atoms with Crippen LogP contribution in [0.5, 0.6) is 0 Å². The van der Waals surface area contributed by atoms with Crippen molar-refractivity contribution in [2.24, 2.45) is 0 Å². The lowest BCUT2D eigenvalue weighted by Crippen LogP contribution is -1.97. The van der Waals surface area contributed by atoms with E-state index in [0.29, 0.717) is 0 Å². The van der Waals surface area contributed by atoms with Crippen LogP contribution in [-0.2, 0) is 0 Å². The Bertz CT molecular complexity index is 575. The van der Waals surface area contributed by atoms with Crippen molar-refractivity contribution in [3.05, 3.63) is 69.2 Å². The first-order chi connectivity index (χ1) is 8.49. The highest BCUT2D eigenvalue weighted by Crippen LogP contribution is 2.34. The molecular weight excluding hydrogens is 308 g/mol. The third-order valence-corrected chi connectivity index (χ3v) is 4.62. The van der Waals surface area contributed by atoms with Crippen LogP contribution in [0, 0.1) is 20.8 Å². The molecule has 0 aliphatic rings. The molecule has 94 valence electrons. The van der Waals surface area contributed by atoms with Gasteiger partial charge < -0.3 is 0 Å². The zero-order valence-corrected chi connectivity index (χ0v) is 13.1. The van der Waals surface area contributed by atoms with Crippen molar-refractivity contribution in [1.82, 2.24) is 0 Å². The van der Waals surface area contributed by atoms with Crippen molar-refractivity contribution < 1.29 is 0 Å². The van der Waals surface area contributed by atoms with E-state index in [4.69, 9.17) is 11.6 Å². The van der Waals surface area contributed by atoms with Crippen LogP contribution in [0.4, 0.5) is 0 Å². The summed E-state index contributed by atoms with van der Waals surface area (Å²) in [6.45, 7) is 6.30. The molecule has 0 saturated heterocycles. The van der Waals surface area contributed by atoms with E-state index in [9.17, 15) is 0 Å². The molecule has 0 nitrogen and oxygen atoms in total. The van der Waals surface area contributed by atoms with Crippen molar-refractivity contribution in [2.75, 3.05) is 0 Å². The van der Waals surface area contributed by atoms with Gasteiger partial charge in [0.1, 0.15) is 0 Å². The Morgan fingerprint density at radius 2 is 1.67 bits per heavy atom. The maximum absolute atomic E-state index is 6.07. The van der Waals surface area contributed by atoms with Crippen molar-refractivity contribution in [1.29, 1.82) is 0 Å². The number of benzene rings is 2. The Morgan fingerprint density at radius 3 is 2.28 bits per heavy atom. The normalized spacial score (nSPS) is 12.5. The average molecular weight is 324 g/mol. The van der Waals surface area contributed by atoms with Crippen molar-refractivity contribution in [3.63, 3.8) is 0 Å². The van der Waals surface area contributed by atoms with Gasteiger partial charge in [0, 0.05) is 5.02 Å². The zero-order valence-electron chi connectivity index (χ0n) is 10.8. The van der Waals surface area contributed by atoms with Crippen molar-refractivity contribution in [2.45, 2.75) is 25.6 Å².